The van der Waals surface area contributed by atoms with E-state index in [1.165, 1.54) is 0 Å². The first kappa shape index (κ1) is 8.06. The molecule has 2 heteroatoms. The van der Waals surface area contributed by atoms with E-state index in [-0.39, 0.29) is 11.3 Å². The molecule has 12 heavy (non-hydrogen) atoms. The van der Waals surface area contributed by atoms with Crippen LogP contribution in [0.1, 0.15) is 19.3 Å². The normalized spacial score (nSPS) is 34.4. The van der Waals surface area contributed by atoms with Gasteiger partial charge in [-0.25, -0.2) is 0 Å². The number of allylic oxidation sites excluding steroid dienone is 4. The molecule has 0 saturated heterocycles. The van der Waals surface area contributed by atoms with E-state index >= 15 is 0 Å². The van der Waals surface area contributed by atoms with Gasteiger partial charge in [0.15, 0.2) is 5.78 Å². The molecule has 0 spiro atoms. The predicted octanol–water partition coefficient (Wildman–Crippen LogP) is 2.46. The summed E-state index contributed by atoms with van der Waals surface area (Å²) in [5, 5.41) is 0.0363. The number of carbonyl (C=O) groups is 1. The zero-order valence-electron chi connectivity index (χ0n) is 6.79. The molecular formula is C10H11ClO. The first-order valence-corrected chi connectivity index (χ1v) is 4.78. The zero-order valence-corrected chi connectivity index (χ0v) is 7.55. The number of carbonyl (C=O) groups excluding carboxylic acids is 1. The van der Waals surface area contributed by atoms with Crippen LogP contribution >= 0.6 is 11.6 Å². The van der Waals surface area contributed by atoms with E-state index in [9.17, 15) is 4.79 Å². The first-order chi connectivity index (χ1) is 5.79. The first-order valence-electron chi connectivity index (χ1n) is 4.34. The number of hydrogen-bond donors (Lipinski definition) is 0. The van der Waals surface area contributed by atoms with Crippen LogP contribution < -0.4 is 0 Å². The van der Waals surface area contributed by atoms with Crippen molar-refractivity contribution in [3.8, 4) is 0 Å². The monoisotopic (exact) mass is 182 g/mol. The van der Waals surface area contributed by atoms with Crippen LogP contribution in [0.25, 0.3) is 0 Å². The molecule has 0 radical (unpaired) electrons. The average molecular weight is 183 g/mol. The number of alkyl halides is 1. The Labute approximate surface area is 77.1 Å². The summed E-state index contributed by atoms with van der Waals surface area (Å²) < 4.78 is 0. The van der Waals surface area contributed by atoms with Crippen LogP contribution in [0.5, 0.6) is 0 Å². The van der Waals surface area contributed by atoms with Crippen molar-refractivity contribution in [1.29, 1.82) is 0 Å². The van der Waals surface area contributed by atoms with Gasteiger partial charge in [0.1, 0.15) is 0 Å². The summed E-state index contributed by atoms with van der Waals surface area (Å²) in [7, 11) is 0. The fourth-order valence-electron chi connectivity index (χ4n) is 1.94. The molecular weight excluding hydrogens is 172 g/mol. The van der Waals surface area contributed by atoms with Crippen LogP contribution in [0.4, 0.5) is 0 Å². The molecule has 0 aliphatic heterocycles. The van der Waals surface area contributed by atoms with Gasteiger partial charge in [-0.3, -0.25) is 4.79 Å². The summed E-state index contributed by atoms with van der Waals surface area (Å²) in [5.41, 5.74) is 0.948. The van der Waals surface area contributed by atoms with Gasteiger partial charge in [0.25, 0.3) is 0 Å². The van der Waals surface area contributed by atoms with Gasteiger partial charge in [0, 0.05) is 12.3 Å². The molecule has 0 amide bonds. The van der Waals surface area contributed by atoms with Crippen LogP contribution in [0.3, 0.4) is 0 Å². The largest absolute Gasteiger partial charge is 0.295 e. The van der Waals surface area contributed by atoms with Gasteiger partial charge in [0.2, 0.25) is 0 Å². The molecule has 64 valence electrons. The lowest BCUT2D eigenvalue weighted by molar-refractivity contribution is -0.117. The average Bonchev–Trinajstić information content (AvgIpc) is 2.07. The lowest BCUT2D eigenvalue weighted by Gasteiger charge is -2.28. The summed E-state index contributed by atoms with van der Waals surface area (Å²) in [6, 6.07) is 0. The van der Waals surface area contributed by atoms with Crippen molar-refractivity contribution in [2.24, 2.45) is 5.92 Å². The fraction of sp³-hybridized carbons (Fsp3) is 0.500. The molecule has 0 bridgehead atoms. The summed E-state index contributed by atoms with van der Waals surface area (Å²) in [4.78, 5) is 11.4. The third-order valence-electron chi connectivity index (χ3n) is 2.60. The quantitative estimate of drug-likeness (QED) is 0.526. The summed E-state index contributed by atoms with van der Waals surface area (Å²) >= 11 is 6.08. The van der Waals surface area contributed by atoms with Crippen molar-refractivity contribution in [2.75, 3.05) is 0 Å². The molecule has 2 unspecified atom stereocenters. The van der Waals surface area contributed by atoms with Crippen molar-refractivity contribution in [1.82, 2.24) is 0 Å². The summed E-state index contributed by atoms with van der Waals surface area (Å²) in [6.07, 6.45) is 8.56. The number of ketones is 1. The Morgan fingerprint density at radius 1 is 1.50 bits per heavy atom. The SMILES string of the molecule is O=C1CCCC2C1=CC=CC2Cl. The molecule has 1 fully saturated rings. The van der Waals surface area contributed by atoms with Gasteiger partial charge in [-0.1, -0.05) is 18.2 Å². The molecule has 1 saturated carbocycles. The molecule has 2 aliphatic rings. The maximum absolute atomic E-state index is 11.4. The smallest absolute Gasteiger partial charge is 0.159 e. The molecule has 0 aromatic rings. The van der Waals surface area contributed by atoms with Gasteiger partial charge in [0.05, 0.1) is 5.38 Å². The minimum Gasteiger partial charge on any atom is -0.295 e. The van der Waals surface area contributed by atoms with Gasteiger partial charge < -0.3 is 0 Å². The van der Waals surface area contributed by atoms with E-state index in [0.717, 1.165) is 18.4 Å². The lowest BCUT2D eigenvalue weighted by atomic mass is 9.79. The maximum Gasteiger partial charge on any atom is 0.159 e. The Hall–Kier alpha value is -0.560. The maximum atomic E-state index is 11.4. The Morgan fingerprint density at radius 2 is 2.33 bits per heavy atom. The van der Waals surface area contributed by atoms with Crippen molar-refractivity contribution in [2.45, 2.75) is 24.6 Å². The fourth-order valence-corrected chi connectivity index (χ4v) is 2.28. The molecule has 0 aromatic heterocycles. The molecule has 2 aliphatic carbocycles. The molecule has 1 nitrogen and oxygen atoms in total. The minimum atomic E-state index is 0.0363. The standard InChI is InChI=1S/C10H11ClO/c11-9-5-1-4-8-7(9)3-2-6-10(8)12/h1,4-5,7,9H,2-3,6H2. The minimum absolute atomic E-state index is 0.0363. The van der Waals surface area contributed by atoms with Crippen molar-refractivity contribution in [3.63, 3.8) is 0 Å². The number of fused-ring (bicyclic) bond motifs is 1. The highest BCUT2D eigenvalue weighted by atomic mass is 35.5. The van der Waals surface area contributed by atoms with Crippen LogP contribution in [-0.2, 0) is 4.79 Å². The van der Waals surface area contributed by atoms with E-state index in [4.69, 9.17) is 11.6 Å². The molecule has 0 N–H and O–H groups in total. The Bertz CT molecular complexity index is 265. The molecule has 0 aromatic carbocycles. The lowest BCUT2D eigenvalue weighted by Crippen LogP contribution is -2.26. The second kappa shape index (κ2) is 3.06. The second-order valence-electron chi connectivity index (χ2n) is 3.37. The third kappa shape index (κ3) is 1.22. The highest BCUT2D eigenvalue weighted by molar-refractivity contribution is 6.23. The van der Waals surface area contributed by atoms with Crippen molar-refractivity contribution < 1.29 is 4.79 Å². The van der Waals surface area contributed by atoms with Gasteiger partial charge in [-0.2, -0.15) is 0 Å². The Balaban J connectivity index is 2.29. The highest BCUT2D eigenvalue weighted by Crippen LogP contribution is 2.34. The Kier molecular flexibility index (Phi) is 2.05. The third-order valence-corrected chi connectivity index (χ3v) is 3.05. The molecule has 0 heterocycles. The molecule has 2 rings (SSSR count). The van der Waals surface area contributed by atoms with Crippen molar-refractivity contribution in [3.05, 3.63) is 23.8 Å². The highest BCUT2D eigenvalue weighted by Gasteiger charge is 2.30. The zero-order chi connectivity index (χ0) is 8.55. The topological polar surface area (TPSA) is 17.1 Å². The van der Waals surface area contributed by atoms with Crippen LogP contribution in [0.2, 0.25) is 0 Å². The van der Waals surface area contributed by atoms with Crippen LogP contribution in [-0.4, -0.2) is 11.2 Å². The van der Waals surface area contributed by atoms with E-state index in [2.05, 4.69) is 0 Å². The van der Waals surface area contributed by atoms with E-state index in [1.54, 1.807) is 0 Å². The molecule has 2 atom stereocenters. The van der Waals surface area contributed by atoms with Gasteiger partial charge in [-0.05, 0) is 18.4 Å². The number of Topliss-reactive ketones (excluding diaryl/α,β-unsaturated/α-hetero) is 1. The van der Waals surface area contributed by atoms with Gasteiger partial charge in [-0.15, -0.1) is 11.6 Å². The van der Waals surface area contributed by atoms with E-state index in [1.807, 2.05) is 18.2 Å². The number of hydrogen-bond acceptors (Lipinski definition) is 1. The summed E-state index contributed by atoms with van der Waals surface area (Å²) in [5.74, 6) is 0.583. The van der Waals surface area contributed by atoms with Gasteiger partial charge >= 0.3 is 0 Å². The number of halogens is 1. The predicted molar refractivity (Wildman–Crippen MR) is 49.2 cm³/mol. The number of rotatable bonds is 0. The second-order valence-corrected chi connectivity index (χ2v) is 3.88. The Morgan fingerprint density at radius 3 is 3.08 bits per heavy atom. The van der Waals surface area contributed by atoms with E-state index in [0.29, 0.717) is 12.2 Å². The van der Waals surface area contributed by atoms with Crippen LogP contribution in [0.15, 0.2) is 23.8 Å². The van der Waals surface area contributed by atoms with Crippen LogP contribution in [0, 0.1) is 5.92 Å². The van der Waals surface area contributed by atoms with E-state index < -0.39 is 0 Å². The summed E-state index contributed by atoms with van der Waals surface area (Å²) in [6.45, 7) is 0. The van der Waals surface area contributed by atoms with Crippen molar-refractivity contribution >= 4 is 17.4 Å².